The number of aryl methyl sites for hydroxylation is 1. The second-order valence-corrected chi connectivity index (χ2v) is 6.28. The summed E-state index contributed by atoms with van der Waals surface area (Å²) >= 11 is 0. The Labute approximate surface area is 161 Å². The standard InChI is InChI=1S/C20H20N4O4/c1-2-24-11-3-4-14(24)19-13(23-12-16-21-9-10-22-16)5-6-15-20(19)28-18(26)8-7-17(25)27-15/h3-8,11,23H,2,9-10,12H2,1H3,(H,21,22)/b8-7+. The molecule has 1 aromatic carbocycles. The normalized spacial score (nSPS) is 16.8. The smallest absolute Gasteiger partial charge is 0.336 e. The quantitative estimate of drug-likeness (QED) is 0.608. The third kappa shape index (κ3) is 3.48. The molecule has 2 aromatic rings. The number of nitrogens with zero attached hydrogens (tertiary/aromatic N) is 2. The Hall–Kier alpha value is -3.55. The lowest BCUT2D eigenvalue weighted by Crippen LogP contribution is -2.26. The number of carbonyl (C=O) groups is 2. The highest BCUT2D eigenvalue weighted by Crippen LogP contribution is 2.44. The number of ether oxygens (including phenoxy) is 2. The van der Waals surface area contributed by atoms with Crippen LogP contribution in [0.5, 0.6) is 11.5 Å². The average molecular weight is 380 g/mol. The first-order chi connectivity index (χ1) is 13.7. The first kappa shape index (κ1) is 17.8. The second-order valence-electron chi connectivity index (χ2n) is 6.28. The number of esters is 2. The van der Waals surface area contributed by atoms with Crippen LogP contribution in [0.2, 0.25) is 0 Å². The first-order valence-corrected chi connectivity index (χ1v) is 9.11. The Morgan fingerprint density at radius 2 is 2.00 bits per heavy atom. The van der Waals surface area contributed by atoms with Crippen molar-refractivity contribution in [2.75, 3.05) is 25.0 Å². The number of fused-ring (bicyclic) bond motifs is 1. The van der Waals surface area contributed by atoms with Gasteiger partial charge in [-0.15, -0.1) is 0 Å². The molecule has 0 amide bonds. The molecule has 8 nitrogen and oxygen atoms in total. The summed E-state index contributed by atoms with van der Waals surface area (Å²) in [6, 6.07) is 7.28. The molecule has 0 fully saturated rings. The minimum atomic E-state index is -0.632. The molecule has 8 heteroatoms. The summed E-state index contributed by atoms with van der Waals surface area (Å²) in [6.45, 7) is 4.84. The van der Waals surface area contributed by atoms with Gasteiger partial charge in [-0.1, -0.05) is 0 Å². The van der Waals surface area contributed by atoms with Crippen molar-refractivity contribution in [1.82, 2.24) is 9.88 Å². The van der Waals surface area contributed by atoms with Crippen LogP contribution in [0.1, 0.15) is 6.92 Å². The molecule has 2 N–H and O–H groups in total. The van der Waals surface area contributed by atoms with E-state index in [0.717, 1.165) is 49.0 Å². The van der Waals surface area contributed by atoms with Crippen LogP contribution in [0.4, 0.5) is 5.69 Å². The fraction of sp³-hybridized carbons (Fsp3) is 0.250. The number of hydrogen-bond donors (Lipinski definition) is 2. The number of aromatic nitrogens is 1. The molecular formula is C20H20N4O4. The highest BCUT2D eigenvalue weighted by Gasteiger charge is 2.24. The van der Waals surface area contributed by atoms with E-state index in [1.807, 2.05) is 35.9 Å². The van der Waals surface area contributed by atoms with Gasteiger partial charge in [0, 0.05) is 37.1 Å². The fourth-order valence-electron chi connectivity index (χ4n) is 3.22. The van der Waals surface area contributed by atoms with Gasteiger partial charge in [-0.2, -0.15) is 0 Å². The van der Waals surface area contributed by atoms with E-state index in [4.69, 9.17) is 9.47 Å². The zero-order chi connectivity index (χ0) is 19.5. The zero-order valence-electron chi connectivity index (χ0n) is 15.4. The highest BCUT2D eigenvalue weighted by molar-refractivity contribution is 5.98. The van der Waals surface area contributed by atoms with E-state index in [1.165, 1.54) is 0 Å². The SMILES string of the molecule is CCn1cccc1-c1c(NCC2=NCCN2)ccc2c1OC(=O)/C=C/C(=O)O2. The summed E-state index contributed by atoms with van der Waals surface area (Å²) in [4.78, 5) is 28.4. The largest absolute Gasteiger partial charge is 0.419 e. The van der Waals surface area contributed by atoms with Crippen LogP contribution in [-0.2, 0) is 16.1 Å². The molecule has 0 spiro atoms. The van der Waals surface area contributed by atoms with Crippen molar-refractivity contribution in [2.45, 2.75) is 13.5 Å². The van der Waals surface area contributed by atoms with Gasteiger partial charge in [-0.25, -0.2) is 9.59 Å². The van der Waals surface area contributed by atoms with Gasteiger partial charge in [0.05, 0.1) is 24.3 Å². The number of benzene rings is 1. The number of aliphatic imine (C=N–C) groups is 1. The molecule has 0 radical (unpaired) electrons. The van der Waals surface area contributed by atoms with E-state index < -0.39 is 11.9 Å². The van der Waals surface area contributed by atoms with Gasteiger partial charge in [0.15, 0.2) is 11.5 Å². The maximum absolute atomic E-state index is 12.1. The van der Waals surface area contributed by atoms with E-state index >= 15 is 0 Å². The van der Waals surface area contributed by atoms with Crippen molar-refractivity contribution in [3.63, 3.8) is 0 Å². The number of amidine groups is 1. The van der Waals surface area contributed by atoms with Crippen molar-refractivity contribution in [2.24, 2.45) is 4.99 Å². The van der Waals surface area contributed by atoms with Crippen LogP contribution in [0.3, 0.4) is 0 Å². The van der Waals surface area contributed by atoms with Gasteiger partial charge < -0.3 is 24.7 Å². The highest BCUT2D eigenvalue weighted by atomic mass is 16.6. The predicted octanol–water partition coefficient (Wildman–Crippen LogP) is 1.97. The molecular weight excluding hydrogens is 360 g/mol. The third-order valence-electron chi connectivity index (χ3n) is 4.51. The van der Waals surface area contributed by atoms with E-state index in [0.29, 0.717) is 12.1 Å². The number of nitrogens with one attached hydrogen (secondary N) is 2. The molecule has 2 aliphatic rings. The van der Waals surface area contributed by atoms with Crippen molar-refractivity contribution in [1.29, 1.82) is 0 Å². The van der Waals surface area contributed by atoms with Gasteiger partial charge in [-0.3, -0.25) is 4.99 Å². The summed E-state index contributed by atoms with van der Waals surface area (Å²) < 4.78 is 12.9. The molecule has 2 aliphatic heterocycles. The third-order valence-corrected chi connectivity index (χ3v) is 4.51. The lowest BCUT2D eigenvalue weighted by Gasteiger charge is -2.20. The number of anilines is 1. The molecule has 144 valence electrons. The van der Waals surface area contributed by atoms with Crippen LogP contribution >= 0.6 is 0 Å². The molecule has 0 aliphatic carbocycles. The monoisotopic (exact) mass is 380 g/mol. The van der Waals surface area contributed by atoms with Crippen molar-refractivity contribution in [3.8, 4) is 22.8 Å². The first-order valence-electron chi connectivity index (χ1n) is 9.11. The summed E-state index contributed by atoms with van der Waals surface area (Å²) in [5.74, 6) is 0.0217. The Bertz CT molecular complexity index is 990. The van der Waals surface area contributed by atoms with Gasteiger partial charge in [-0.05, 0) is 31.2 Å². The van der Waals surface area contributed by atoms with E-state index in [2.05, 4.69) is 15.6 Å². The minimum absolute atomic E-state index is 0.198. The van der Waals surface area contributed by atoms with Crippen LogP contribution in [-0.4, -0.2) is 42.0 Å². The molecule has 3 heterocycles. The number of hydrogen-bond acceptors (Lipinski definition) is 7. The molecule has 4 rings (SSSR count). The zero-order valence-corrected chi connectivity index (χ0v) is 15.4. The Morgan fingerprint density at radius 3 is 2.75 bits per heavy atom. The van der Waals surface area contributed by atoms with E-state index in [1.54, 1.807) is 6.07 Å². The Morgan fingerprint density at radius 1 is 1.18 bits per heavy atom. The molecule has 0 saturated carbocycles. The molecule has 0 unspecified atom stereocenters. The molecule has 0 saturated heterocycles. The lowest BCUT2D eigenvalue weighted by atomic mass is 10.1. The average Bonchev–Trinajstić information content (AvgIpc) is 3.36. The van der Waals surface area contributed by atoms with Crippen molar-refractivity contribution >= 4 is 23.5 Å². The van der Waals surface area contributed by atoms with Crippen LogP contribution in [0.25, 0.3) is 11.3 Å². The lowest BCUT2D eigenvalue weighted by molar-refractivity contribution is -0.133. The van der Waals surface area contributed by atoms with Crippen LogP contribution < -0.4 is 20.1 Å². The fourth-order valence-corrected chi connectivity index (χ4v) is 3.22. The van der Waals surface area contributed by atoms with Gasteiger partial charge >= 0.3 is 11.9 Å². The summed E-state index contributed by atoms with van der Waals surface area (Å²) in [5, 5.41) is 6.57. The summed E-state index contributed by atoms with van der Waals surface area (Å²) in [7, 11) is 0. The summed E-state index contributed by atoms with van der Waals surface area (Å²) in [5.41, 5.74) is 2.24. The van der Waals surface area contributed by atoms with Gasteiger partial charge in [0.1, 0.15) is 5.84 Å². The topological polar surface area (TPSA) is 94.0 Å². The van der Waals surface area contributed by atoms with Crippen LogP contribution in [0.15, 0.2) is 47.6 Å². The molecule has 0 atom stereocenters. The summed E-state index contributed by atoms with van der Waals surface area (Å²) in [6.07, 6.45) is 4.05. The predicted molar refractivity (Wildman–Crippen MR) is 105 cm³/mol. The Kier molecular flexibility index (Phi) is 4.84. The maximum atomic E-state index is 12.1. The van der Waals surface area contributed by atoms with Gasteiger partial charge in [0.25, 0.3) is 0 Å². The van der Waals surface area contributed by atoms with Crippen molar-refractivity contribution in [3.05, 3.63) is 42.6 Å². The van der Waals surface area contributed by atoms with Crippen LogP contribution in [0, 0.1) is 0 Å². The number of carbonyl (C=O) groups excluding carboxylic acids is 2. The van der Waals surface area contributed by atoms with Crippen molar-refractivity contribution < 1.29 is 19.1 Å². The van der Waals surface area contributed by atoms with Gasteiger partial charge in [0.2, 0.25) is 0 Å². The number of rotatable bonds is 5. The maximum Gasteiger partial charge on any atom is 0.336 e. The minimum Gasteiger partial charge on any atom is -0.419 e. The molecule has 28 heavy (non-hydrogen) atoms. The second kappa shape index (κ2) is 7.59. The van der Waals surface area contributed by atoms with E-state index in [9.17, 15) is 9.59 Å². The Balaban J connectivity index is 1.82. The molecule has 1 aromatic heterocycles. The van der Waals surface area contributed by atoms with E-state index in [-0.39, 0.29) is 11.5 Å². The molecule has 0 bridgehead atoms.